The lowest BCUT2D eigenvalue weighted by atomic mass is 10.2. The summed E-state index contributed by atoms with van der Waals surface area (Å²) in [6.45, 7) is 0. The lowest BCUT2D eigenvalue weighted by Gasteiger charge is -2.20. The Labute approximate surface area is 103 Å². The molecule has 0 saturated heterocycles. The Morgan fingerprint density at radius 3 is 1.67 bits per heavy atom. The zero-order valence-electron chi connectivity index (χ0n) is 9.10. The molecule has 0 amide bonds. The molecule has 2 N–H and O–H groups in total. The second-order valence-corrected chi connectivity index (χ2v) is 3.64. The number of fused-ring (bicyclic) bond motifs is 2. The van der Waals surface area contributed by atoms with E-state index in [1.807, 2.05) is 36.4 Å². The van der Waals surface area contributed by atoms with E-state index < -0.39 is 0 Å². The van der Waals surface area contributed by atoms with Crippen LogP contribution in [-0.2, 0) is 0 Å². The van der Waals surface area contributed by atoms with Crippen molar-refractivity contribution in [3.63, 3.8) is 0 Å². The molecule has 0 fully saturated rings. The predicted octanol–water partition coefficient (Wildman–Crippen LogP) is 2.02. The van der Waals surface area contributed by atoms with Gasteiger partial charge in [-0.25, -0.2) is 9.97 Å². The van der Waals surface area contributed by atoms with E-state index in [0.29, 0.717) is 11.6 Å². The summed E-state index contributed by atoms with van der Waals surface area (Å²) in [6.07, 6.45) is 0. The first kappa shape index (κ1) is 10.1. The molecule has 0 bridgehead atoms. The topological polar surface area (TPSA) is 97.4 Å². The van der Waals surface area contributed by atoms with Gasteiger partial charge in [0.2, 0.25) is 0 Å². The molecule has 18 heavy (non-hydrogen) atoms. The van der Waals surface area contributed by atoms with E-state index in [1.165, 1.54) is 0 Å². The first-order valence-corrected chi connectivity index (χ1v) is 5.17. The molecule has 0 atom stereocenters. The smallest absolute Gasteiger partial charge is 0.179 e. The average molecular weight is 234 g/mol. The lowest BCUT2D eigenvalue weighted by Crippen LogP contribution is -2.11. The van der Waals surface area contributed by atoms with Gasteiger partial charge in [-0.15, -0.1) is 0 Å². The fourth-order valence-electron chi connectivity index (χ4n) is 1.72. The zero-order chi connectivity index (χ0) is 12.5. The Morgan fingerprint density at radius 2 is 1.28 bits per heavy atom. The second kappa shape index (κ2) is 3.72. The average Bonchev–Trinajstić information content (AvgIpc) is 2.43. The van der Waals surface area contributed by atoms with Crippen molar-refractivity contribution in [2.45, 2.75) is 0 Å². The first-order chi connectivity index (χ1) is 8.81. The monoisotopic (exact) mass is 234 g/mol. The number of nitrogens with one attached hydrogen (secondary N) is 2. The fraction of sp³-hybridized carbons (Fsp3) is 0. The number of rotatable bonds is 0. The molecule has 0 aliphatic carbocycles. The second-order valence-electron chi connectivity index (χ2n) is 3.64. The molecule has 2 aromatic rings. The molecule has 1 aliphatic heterocycles. The molecule has 1 aliphatic rings. The van der Waals surface area contributed by atoms with Crippen molar-refractivity contribution in [3.8, 4) is 12.1 Å². The van der Waals surface area contributed by atoms with E-state index in [2.05, 4.69) is 20.6 Å². The van der Waals surface area contributed by atoms with Crippen molar-refractivity contribution in [2.24, 2.45) is 0 Å². The standard InChI is InChI=1S/C12H6N6/c13-5-9-10(6-14)18-12-11(17-9)15-7-3-1-2-4-8(7)16-12/h1-4H,(H,15,17)(H,16,18). The quantitative estimate of drug-likeness (QED) is 0.617. The third-order valence-electron chi connectivity index (χ3n) is 2.54. The van der Waals surface area contributed by atoms with Crippen LogP contribution in [0.2, 0.25) is 0 Å². The lowest BCUT2D eigenvalue weighted by molar-refractivity contribution is 1.12. The van der Waals surface area contributed by atoms with Crippen molar-refractivity contribution in [1.82, 2.24) is 9.97 Å². The number of nitriles is 2. The van der Waals surface area contributed by atoms with Crippen molar-refractivity contribution >= 4 is 23.0 Å². The van der Waals surface area contributed by atoms with Gasteiger partial charge in [0, 0.05) is 0 Å². The van der Waals surface area contributed by atoms with Gasteiger partial charge in [0.05, 0.1) is 11.4 Å². The van der Waals surface area contributed by atoms with Crippen LogP contribution in [0.5, 0.6) is 0 Å². The van der Waals surface area contributed by atoms with Crippen LogP contribution in [-0.4, -0.2) is 9.97 Å². The van der Waals surface area contributed by atoms with Gasteiger partial charge in [0.1, 0.15) is 12.1 Å². The predicted molar refractivity (Wildman–Crippen MR) is 64.5 cm³/mol. The third kappa shape index (κ3) is 1.41. The Balaban J connectivity index is 2.15. The molecule has 3 rings (SSSR count). The molecule has 2 heterocycles. The number of aromatic nitrogens is 2. The summed E-state index contributed by atoms with van der Waals surface area (Å²) in [7, 11) is 0. The maximum atomic E-state index is 8.89. The molecule has 1 aromatic heterocycles. The van der Waals surface area contributed by atoms with Crippen LogP contribution in [0.1, 0.15) is 11.4 Å². The van der Waals surface area contributed by atoms with Gasteiger partial charge >= 0.3 is 0 Å². The number of para-hydroxylation sites is 2. The van der Waals surface area contributed by atoms with Gasteiger partial charge < -0.3 is 10.6 Å². The molecule has 1 aromatic carbocycles. The van der Waals surface area contributed by atoms with Crippen molar-refractivity contribution < 1.29 is 0 Å². The third-order valence-corrected chi connectivity index (χ3v) is 2.54. The van der Waals surface area contributed by atoms with Crippen LogP contribution >= 0.6 is 0 Å². The van der Waals surface area contributed by atoms with E-state index in [9.17, 15) is 0 Å². The van der Waals surface area contributed by atoms with Crippen LogP contribution in [0, 0.1) is 22.7 Å². The first-order valence-electron chi connectivity index (χ1n) is 5.17. The van der Waals surface area contributed by atoms with Crippen molar-refractivity contribution in [3.05, 3.63) is 35.7 Å². The van der Waals surface area contributed by atoms with Crippen LogP contribution in [0.25, 0.3) is 0 Å². The highest BCUT2D eigenvalue weighted by Gasteiger charge is 2.19. The minimum Gasteiger partial charge on any atom is -0.335 e. The number of nitrogens with zero attached hydrogens (tertiary/aromatic N) is 4. The van der Waals surface area contributed by atoms with Crippen LogP contribution in [0.4, 0.5) is 23.0 Å². The Kier molecular flexibility index (Phi) is 2.08. The molecule has 0 radical (unpaired) electrons. The summed E-state index contributed by atoms with van der Waals surface area (Å²) in [4.78, 5) is 8.16. The van der Waals surface area contributed by atoms with Gasteiger partial charge in [-0.05, 0) is 12.1 Å². The fourth-order valence-corrected chi connectivity index (χ4v) is 1.72. The highest BCUT2D eigenvalue weighted by atomic mass is 15.2. The Hall–Kier alpha value is -3.12. The van der Waals surface area contributed by atoms with Crippen LogP contribution in [0.3, 0.4) is 0 Å². The number of hydrogen-bond donors (Lipinski definition) is 2. The normalized spacial score (nSPS) is 11.0. The molecule has 6 heteroatoms. The minimum atomic E-state index is 0.0185. The van der Waals surface area contributed by atoms with E-state index in [-0.39, 0.29) is 11.4 Å². The summed E-state index contributed by atoms with van der Waals surface area (Å²) < 4.78 is 0. The molecule has 84 valence electrons. The van der Waals surface area contributed by atoms with Gasteiger partial charge in [-0.1, -0.05) is 12.1 Å². The van der Waals surface area contributed by atoms with E-state index in [1.54, 1.807) is 0 Å². The van der Waals surface area contributed by atoms with Gasteiger partial charge in [0.25, 0.3) is 0 Å². The molecule has 0 spiro atoms. The largest absolute Gasteiger partial charge is 0.335 e. The zero-order valence-corrected chi connectivity index (χ0v) is 9.10. The number of hydrogen-bond acceptors (Lipinski definition) is 6. The molecule has 0 unspecified atom stereocenters. The maximum Gasteiger partial charge on any atom is 0.179 e. The Bertz CT molecular complexity index is 660. The van der Waals surface area contributed by atoms with E-state index in [4.69, 9.17) is 10.5 Å². The van der Waals surface area contributed by atoms with Crippen molar-refractivity contribution in [1.29, 1.82) is 10.5 Å². The van der Waals surface area contributed by atoms with Crippen LogP contribution < -0.4 is 10.6 Å². The highest BCUT2D eigenvalue weighted by molar-refractivity contribution is 5.86. The van der Waals surface area contributed by atoms with Gasteiger partial charge in [0.15, 0.2) is 23.0 Å². The van der Waals surface area contributed by atoms with E-state index in [0.717, 1.165) is 11.4 Å². The summed E-state index contributed by atoms with van der Waals surface area (Å²) in [5.74, 6) is 0.897. The Morgan fingerprint density at radius 1 is 0.833 bits per heavy atom. The number of benzene rings is 1. The van der Waals surface area contributed by atoms with Gasteiger partial charge in [-0.2, -0.15) is 10.5 Å². The minimum absolute atomic E-state index is 0.0185. The van der Waals surface area contributed by atoms with Crippen molar-refractivity contribution in [2.75, 3.05) is 10.6 Å². The highest BCUT2D eigenvalue weighted by Crippen LogP contribution is 2.35. The van der Waals surface area contributed by atoms with Crippen LogP contribution in [0.15, 0.2) is 24.3 Å². The molecule has 6 nitrogen and oxygen atoms in total. The summed E-state index contributed by atoms with van der Waals surface area (Å²) in [5, 5.41) is 23.9. The summed E-state index contributed by atoms with van der Waals surface area (Å²) in [5.41, 5.74) is 1.75. The SMILES string of the molecule is N#Cc1nc2c(nc1C#N)Nc1ccccc1N2. The summed E-state index contributed by atoms with van der Waals surface area (Å²) in [6, 6.07) is 11.3. The van der Waals surface area contributed by atoms with Gasteiger partial charge in [-0.3, -0.25) is 0 Å². The maximum absolute atomic E-state index is 8.89. The molecule has 0 saturated carbocycles. The summed E-state index contributed by atoms with van der Waals surface area (Å²) >= 11 is 0. The molecular formula is C12H6N6. The number of anilines is 4. The molecular weight excluding hydrogens is 228 g/mol. The van der Waals surface area contributed by atoms with E-state index >= 15 is 0 Å².